The molecule has 0 amide bonds. The molecule has 1 aromatic rings. The number of aromatic nitrogens is 1. The SMILES string of the molecule is CN(C)[AsH2].c1ccncc1. The first-order valence-electron chi connectivity index (χ1n) is 3.00. The fourth-order valence-corrected chi connectivity index (χ4v) is 0.313. The minimum atomic E-state index is 1.63. The fraction of sp³-hybridized carbons (Fsp3) is 0.286. The first-order valence-corrected chi connectivity index (χ1v) is 4.09. The molecule has 0 radical (unpaired) electrons. The third-order valence-corrected chi connectivity index (χ3v) is 0.566. The largest absolute Gasteiger partial charge is 0.265 e. The maximum atomic E-state index is 3.78. The van der Waals surface area contributed by atoms with Gasteiger partial charge in [-0.3, -0.25) is 4.98 Å². The third kappa shape index (κ3) is 10.6. The number of pyridine rings is 1. The van der Waals surface area contributed by atoms with Crippen LogP contribution < -0.4 is 0 Å². The van der Waals surface area contributed by atoms with Crippen molar-refractivity contribution in [3.05, 3.63) is 30.6 Å². The molecule has 1 atom stereocenters. The molecule has 0 saturated carbocycles. The van der Waals surface area contributed by atoms with Crippen molar-refractivity contribution >= 4 is 17.1 Å². The van der Waals surface area contributed by atoms with Crippen LogP contribution in [0.15, 0.2) is 30.6 Å². The molecule has 0 spiro atoms. The molecule has 1 aromatic heterocycles. The zero-order valence-electron chi connectivity index (χ0n) is 6.36. The summed E-state index contributed by atoms with van der Waals surface area (Å²) in [5.41, 5.74) is 0. The molecule has 2 nitrogen and oxygen atoms in total. The van der Waals surface area contributed by atoms with Crippen molar-refractivity contribution < 1.29 is 0 Å². The molecular weight excluding hydrogens is 187 g/mol. The number of hydrogen-bond donors (Lipinski definition) is 0. The van der Waals surface area contributed by atoms with Gasteiger partial charge >= 0.3 is 35.0 Å². The smallest absolute Gasteiger partial charge is 0.0267 e. The Balaban J connectivity index is 0.000000180. The number of rotatable bonds is 0. The van der Waals surface area contributed by atoms with Crippen molar-refractivity contribution in [3.63, 3.8) is 0 Å². The van der Waals surface area contributed by atoms with Gasteiger partial charge in [0.15, 0.2) is 0 Å². The van der Waals surface area contributed by atoms with E-state index in [9.17, 15) is 0 Å². The van der Waals surface area contributed by atoms with Crippen LogP contribution in [0, 0.1) is 0 Å². The molecule has 1 unspecified atom stereocenters. The van der Waals surface area contributed by atoms with Crippen LogP contribution in [0.4, 0.5) is 0 Å². The molecule has 10 heavy (non-hydrogen) atoms. The average molecular weight is 200 g/mol. The van der Waals surface area contributed by atoms with Gasteiger partial charge in [0.05, 0.1) is 0 Å². The number of nitrogens with zero attached hydrogens (tertiary/aromatic N) is 2. The van der Waals surface area contributed by atoms with Gasteiger partial charge in [-0.15, -0.1) is 0 Å². The molecule has 1 heterocycles. The van der Waals surface area contributed by atoms with Crippen molar-refractivity contribution in [2.45, 2.75) is 0 Å². The van der Waals surface area contributed by atoms with E-state index >= 15 is 0 Å². The Morgan fingerprint density at radius 3 is 1.60 bits per heavy atom. The maximum absolute atomic E-state index is 3.78. The molecule has 0 aliphatic carbocycles. The van der Waals surface area contributed by atoms with Gasteiger partial charge in [-0.25, -0.2) is 0 Å². The summed E-state index contributed by atoms with van der Waals surface area (Å²) in [6.07, 6.45) is 3.50. The zero-order chi connectivity index (χ0) is 7.82. The second-order valence-electron chi connectivity index (χ2n) is 1.99. The molecule has 0 aromatic carbocycles. The van der Waals surface area contributed by atoms with Gasteiger partial charge in [0.1, 0.15) is 0 Å². The molecule has 3 heteroatoms. The predicted molar refractivity (Wildman–Crippen MR) is 46.5 cm³/mol. The van der Waals surface area contributed by atoms with E-state index in [1.54, 1.807) is 29.5 Å². The summed E-state index contributed by atoms with van der Waals surface area (Å²) in [6.45, 7) is 0. The molecule has 0 aliphatic heterocycles. The quantitative estimate of drug-likeness (QED) is 0.555. The van der Waals surface area contributed by atoms with Crippen LogP contribution in [0.25, 0.3) is 0 Å². The van der Waals surface area contributed by atoms with Crippen LogP contribution in [-0.4, -0.2) is 40.0 Å². The van der Waals surface area contributed by atoms with Crippen LogP contribution in [0.1, 0.15) is 0 Å². The number of hydrogen-bond acceptors (Lipinski definition) is 2. The van der Waals surface area contributed by atoms with Crippen LogP contribution in [0.2, 0.25) is 0 Å². The van der Waals surface area contributed by atoms with Crippen molar-refractivity contribution in [2.75, 3.05) is 14.1 Å². The maximum Gasteiger partial charge on any atom is 0.0267 e. The van der Waals surface area contributed by atoms with E-state index in [2.05, 4.69) is 8.80 Å². The molecule has 0 aliphatic rings. The fourth-order valence-electron chi connectivity index (χ4n) is 0.313. The van der Waals surface area contributed by atoms with E-state index in [0.717, 1.165) is 0 Å². The van der Waals surface area contributed by atoms with Crippen molar-refractivity contribution in [3.8, 4) is 0 Å². The van der Waals surface area contributed by atoms with Gasteiger partial charge in [-0.05, 0) is 12.1 Å². The zero-order valence-corrected chi connectivity index (χ0v) is 8.78. The topological polar surface area (TPSA) is 16.1 Å². The van der Waals surface area contributed by atoms with Gasteiger partial charge in [-0.1, -0.05) is 6.07 Å². The van der Waals surface area contributed by atoms with E-state index in [-0.39, 0.29) is 0 Å². The normalized spacial score (nSPS) is 8.40. The first-order chi connectivity index (χ1) is 4.73. The summed E-state index contributed by atoms with van der Waals surface area (Å²) in [4.78, 5) is 3.78. The summed E-state index contributed by atoms with van der Waals surface area (Å²) in [7, 11) is 4.06. The second kappa shape index (κ2) is 6.78. The van der Waals surface area contributed by atoms with Crippen LogP contribution in [0.3, 0.4) is 0 Å². The molecule has 1 rings (SSSR count). The van der Waals surface area contributed by atoms with E-state index in [4.69, 9.17) is 0 Å². The second-order valence-corrected chi connectivity index (χ2v) is 4.16. The van der Waals surface area contributed by atoms with Crippen molar-refractivity contribution in [1.29, 1.82) is 0 Å². The van der Waals surface area contributed by atoms with Gasteiger partial charge in [0.25, 0.3) is 0 Å². The molecule has 56 valence electrons. The van der Waals surface area contributed by atoms with Crippen LogP contribution in [0.5, 0.6) is 0 Å². The molecule has 0 N–H and O–H groups in total. The summed E-state index contributed by atoms with van der Waals surface area (Å²) in [6, 6.07) is 5.72. The van der Waals surface area contributed by atoms with Gasteiger partial charge in [0, 0.05) is 12.4 Å². The standard InChI is InChI=1S/C5H5N.C2H8AsN/c1-2-4-6-5-3-1;1-4(2)3/h1-5H;3H2,1-2H3. The minimum Gasteiger partial charge on any atom is -0.265 e. The Kier molecular flexibility index (Phi) is 6.56. The Morgan fingerprint density at radius 2 is 1.50 bits per heavy atom. The molecule has 0 bridgehead atoms. The minimum absolute atomic E-state index is 1.63. The summed E-state index contributed by atoms with van der Waals surface area (Å²) < 4.78 is 2.06. The Labute approximate surface area is 71.0 Å². The van der Waals surface area contributed by atoms with E-state index in [0.29, 0.717) is 0 Å². The summed E-state index contributed by atoms with van der Waals surface area (Å²) in [5.74, 6) is 0. The van der Waals surface area contributed by atoms with E-state index in [1.165, 1.54) is 0 Å². The molecular formula is C7H13AsN2. The summed E-state index contributed by atoms with van der Waals surface area (Å²) >= 11 is 1.63. The average Bonchev–Trinajstić information content (AvgIpc) is 1.90. The molecule has 0 saturated heterocycles. The van der Waals surface area contributed by atoms with Crippen LogP contribution >= 0.6 is 0 Å². The third-order valence-electron chi connectivity index (χ3n) is 0.566. The van der Waals surface area contributed by atoms with Crippen molar-refractivity contribution in [1.82, 2.24) is 8.80 Å². The first kappa shape index (κ1) is 9.67. The van der Waals surface area contributed by atoms with E-state index < -0.39 is 0 Å². The van der Waals surface area contributed by atoms with Crippen LogP contribution in [-0.2, 0) is 0 Å². The Bertz CT molecular complexity index is 112. The molecule has 0 fully saturated rings. The van der Waals surface area contributed by atoms with Gasteiger partial charge < -0.3 is 0 Å². The van der Waals surface area contributed by atoms with Gasteiger partial charge in [0.2, 0.25) is 0 Å². The Hall–Kier alpha value is -0.332. The van der Waals surface area contributed by atoms with Gasteiger partial charge in [-0.2, -0.15) is 0 Å². The van der Waals surface area contributed by atoms with Crippen molar-refractivity contribution in [2.24, 2.45) is 0 Å². The summed E-state index contributed by atoms with van der Waals surface area (Å²) in [5, 5.41) is 0. The monoisotopic (exact) mass is 200 g/mol. The van der Waals surface area contributed by atoms with E-state index in [1.807, 2.05) is 32.3 Å². The predicted octanol–water partition coefficient (Wildman–Crippen LogP) is 0.178. The Morgan fingerprint density at radius 1 is 1.10 bits per heavy atom.